The topological polar surface area (TPSA) is 58.2 Å². The fourth-order valence-corrected chi connectivity index (χ4v) is 4.40. The van der Waals surface area contributed by atoms with E-state index in [1.807, 2.05) is 60.0 Å². The summed E-state index contributed by atoms with van der Waals surface area (Å²) in [5.41, 5.74) is 4.12. The van der Waals surface area contributed by atoms with Crippen molar-refractivity contribution in [3.8, 4) is 17.5 Å². The number of nitrogens with zero attached hydrogens (tertiary/aromatic N) is 2. The van der Waals surface area contributed by atoms with E-state index in [9.17, 15) is 10.4 Å². The molecule has 150 valence electrons. The Balaban J connectivity index is 2.05. The zero-order chi connectivity index (χ0) is 21.4. The largest absolute Gasteiger partial charge is 0.495 e. The van der Waals surface area contributed by atoms with Crippen LogP contribution in [0.5, 0.6) is 5.75 Å². The van der Waals surface area contributed by atoms with Gasteiger partial charge in [-0.3, -0.25) is 0 Å². The normalized spacial score (nSPS) is 12.0. The van der Waals surface area contributed by atoms with Crippen LogP contribution in [-0.2, 0) is 0 Å². The van der Waals surface area contributed by atoms with Crippen LogP contribution in [0.15, 0.2) is 60.7 Å². The molecule has 0 saturated carbocycles. The van der Waals surface area contributed by atoms with Gasteiger partial charge in [-0.15, -0.1) is 0 Å². The standard InChI is InChI=1S/C24H18Cl2N2O2/c1-14-10-15(13-27)11-19-17(14)12-20(28(19)16-6-4-3-5-7-16)24(29)22-18(25)8-9-21(30-2)23(22)26/h3-12,24,29H,1-2H3. The Labute approximate surface area is 184 Å². The molecule has 1 heterocycles. The van der Waals surface area contributed by atoms with Gasteiger partial charge < -0.3 is 14.4 Å². The minimum atomic E-state index is -1.11. The van der Waals surface area contributed by atoms with Crippen LogP contribution < -0.4 is 4.74 Å². The molecule has 1 atom stereocenters. The fourth-order valence-electron chi connectivity index (χ4n) is 3.74. The number of hydrogen-bond donors (Lipinski definition) is 1. The fraction of sp³-hybridized carbons (Fsp3) is 0.125. The maximum atomic E-state index is 11.4. The van der Waals surface area contributed by atoms with Crippen LogP contribution in [0.2, 0.25) is 10.0 Å². The second kappa shape index (κ2) is 8.04. The first-order chi connectivity index (χ1) is 14.5. The summed E-state index contributed by atoms with van der Waals surface area (Å²) in [6.45, 7) is 1.94. The van der Waals surface area contributed by atoms with Crippen molar-refractivity contribution < 1.29 is 9.84 Å². The number of fused-ring (bicyclic) bond motifs is 1. The number of rotatable bonds is 4. The van der Waals surface area contributed by atoms with E-state index in [1.54, 1.807) is 12.1 Å². The summed E-state index contributed by atoms with van der Waals surface area (Å²) >= 11 is 12.9. The number of aryl methyl sites for hydroxylation is 1. The molecule has 30 heavy (non-hydrogen) atoms. The van der Waals surface area contributed by atoms with Crippen molar-refractivity contribution >= 4 is 34.1 Å². The third kappa shape index (κ3) is 3.32. The number of aliphatic hydroxyl groups excluding tert-OH is 1. The highest BCUT2D eigenvalue weighted by atomic mass is 35.5. The third-order valence-corrected chi connectivity index (χ3v) is 5.88. The summed E-state index contributed by atoms with van der Waals surface area (Å²) in [6, 6.07) is 20.7. The number of aromatic nitrogens is 1. The van der Waals surface area contributed by atoms with Crippen molar-refractivity contribution in [2.45, 2.75) is 13.0 Å². The molecule has 3 aromatic carbocycles. The lowest BCUT2D eigenvalue weighted by Gasteiger charge is -2.19. The summed E-state index contributed by atoms with van der Waals surface area (Å²) in [6.07, 6.45) is -1.11. The van der Waals surface area contributed by atoms with Crippen molar-refractivity contribution in [3.05, 3.63) is 93.1 Å². The van der Waals surface area contributed by atoms with Crippen molar-refractivity contribution in [2.24, 2.45) is 0 Å². The van der Waals surface area contributed by atoms with Gasteiger partial charge in [0.25, 0.3) is 0 Å². The second-order valence-electron chi connectivity index (χ2n) is 6.96. The number of aliphatic hydroxyl groups is 1. The van der Waals surface area contributed by atoms with Gasteiger partial charge in [0.1, 0.15) is 11.9 Å². The Morgan fingerprint density at radius 3 is 2.47 bits per heavy atom. The Hall–Kier alpha value is -2.97. The second-order valence-corrected chi connectivity index (χ2v) is 7.74. The Morgan fingerprint density at radius 2 is 1.80 bits per heavy atom. The van der Waals surface area contributed by atoms with Crippen LogP contribution in [0.25, 0.3) is 16.6 Å². The van der Waals surface area contributed by atoms with Gasteiger partial charge in [-0.05, 0) is 55.0 Å². The molecule has 4 nitrogen and oxygen atoms in total. The van der Waals surface area contributed by atoms with Crippen LogP contribution in [-0.4, -0.2) is 16.8 Å². The van der Waals surface area contributed by atoms with E-state index in [4.69, 9.17) is 27.9 Å². The molecule has 0 amide bonds. The van der Waals surface area contributed by atoms with E-state index < -0.39 is 6.10 Å². The van der Waals surface area contributed by atoms with Crippen LogP contribution in [0.1, 0.15) is 28.5 Å². The number of hydrogen-bond acceptors (Lipinski definition) is 3. The summed E-state index contributed by atoms with van der Waals surface area (Å²) in [5.74, 6) is 0.431. The van der Waals surface area contributed by atoms with Gasteiger partial charge in [-0.25, -0.2) is 0 Å². The van der Waals surface area contributed by atoms with Gasteiger partial charge in [0.15, 0.2) is 0 Å². The van der Waals surface area contributed by atoms with Crippen LogP contribution in [0, 0.1) is 18.3 Å². The Kier molecular flexibility index (Phi) is 5.44. The molecule has 0 aliphatic heterocycles. The molecule has 0 bridgehead atoms. The zero-order valence-corrected chi connectivity index (χ0v) is 17.9. The van der Waals surface area contributed by atoms with Crippen LogP contribution >= 0.6 is 23.2 Å². The average molecular weight is 437 g/mol. The number of benzene rings is 3. The minimum Gasteiger partial charge on any atom is -0.495 e. The molecule has 1 aromatic heterocycles. The van der Waals surface area contributed by atoms with Crippen molar-refractivity contribution in [1.29, 1.82) is 5.26 Å². The van der Waals surface area contributed by atoms with Gasteiger partial charge in [0.2, 0.25) is 0 Å². The summed E-state index contributed by atoms with van der Waals surface area (Å²) in [7, 11) is 1.51. The van der Waals surface area contributed by atoms with E-state index in [0.717, 1.165) is 22.2 Å². The maximum absolute atomic E-state index is 11.4. The molecular weight excluding hydrogens is 419 g/mol. The Morgan fingerprint density at radius 1 is 1.07 bits per heavy atom. The molecule has 0 fully saturated rings. The smallest absolute Gasteiger partial charge is 0.137 e. The molecular formula is C24H18Cl2N2O2. The molecule has 0 radical (unpaired) electrons. The van der Waals surface area contributed by atoms with E-state index in [0.29, 0.717) is 27.6 Å². The van der Waals surface area contributed by atoms with Gasteiger partial charge in [0, 0.05) is 21.7 Å². The van der Waals surface area contributed by atoms with Crippen molar-refractivity contribution in [3.63, 3.8) is 0 Å². The molecule has 6 heteroatoms. The van der Waals surface area contributed by atoms with Crippen molar-refractivity contribution in [2.75, 3.05) is 7.11 Å². The van der Waals surface area contributed by atoms with E-state index in [2.05, 4.69) is 6.07 Å². The molecule has 0 saturated heterocycles. The minimum absolute atomic E-state index is 0.261. The molecule has 0 aliphatic carbocycles. The SMILES string of the molecule is COc1ccc(Cl)c(C(O)c2cc3c(C)cc(C#N)cc3n2-c2ccccc2)c1Cl. The van der Waals surface area contributed by atoms with Crippen LogP contribution in [0.4, 0.5) is 0 Å². The van der Waals surface area contributed by atoms with Gasteiger partial charge in [-0.2, -0.15) is 5.26 Å². The first kappa shape index (κ1) is 20.3. The quantitative estimate of drug-likeness (QED) is 0.413. The number of ether oxygens (including phenoxy) is 1. The van der Waals surface area contributed by atoms with Crippen molar-refractivity contribution in [1.82, 2.24) is 4.57 Å². The first-order valence-corrected chi connectivity index (χ1v) is 10.0. The first-order valence-electron chi connectivity index (χ1n) is 9.27. The zero-order valence-electron chi connectivity index (χ0n) is 16.4. The number of methoxy groups -OCH3 is 1. The van der Waals surface area contributed by atoms with E-state index >= 15 is 0 Å². The molecule has 4 rings (SSSR count). The molecule has 0 aliphatic rings. The van der Waals surface area contributed by atoms with Gasteiger partial charge in [-0.1, -0.05) is 41.4 Å². The third-order valence-electron chi connectivity index (χ3n) is 5.16. The number of para-hydroxylation sites is 1. The van der Waals surface area contributed by atoms with Gasteiger partial charge in [0.05, 0.1) is 35.0 Å². The molecule has 0 spiro atoms. The van der Waals surface area contributed by atoms with Crippen LogP contribution in [0.3, 0.4) is 0 Å². The molecule has 1 unspecified atom stereocenters. The maximum Gasteiger partial charge on any atom is 0.137 e. The lowest BCUT2D eigenvalue weighted by Crippen LogP contribution is -2.09. The number of halogens is 2. The lowest BCUT2D eigenvalue weighted by atomic mass is 10.0. The predicted octanol–water partition coefficient (Wildman–Crippen LogP) is 6.21. The average Bonchev–Trinajstić information content (AvgIpc) is 3.14. The highest BCUT2D eigenvalue weighted by molar-refractivity contribution is 6.37. The van der Waals surface area contributed by atoms with E-state index in [1.165, 1.54) is 7.11 Å². The van der Waals surface area contributed by atoms with E-state index in [-0.39, 0.29) is 5.02 Å². The summed E-state index contributed by atoms with van der Waals surface area (Å²) in [4.78, 5) is 0. The van der Waals surface area contributed by atoms with Gasteiger partial charge >= 0.3 is 0 Å². The monoisotopic (exact) mass is 436 g/mol. The molecule has 1 N–H and O–H groups in total. The number of nitriles is 1. The summed E-state index contributed by atoms with van der Waals surface area (Å²) in [5, 5.41) is 22.4. The lowest BCUT2D eigenvalue weighted by molar-refractivity contribution is 0.213. The highest BCUT2D eigenvalue weighted by Gasteiger charge is 2.25. The Bertz CT molecular complexity index is 1290. The predicted molar refractivity (Wildman–Crippen MR) is 120 cm³/mol. The highest BCUT2D eigenvalue weighted by Crippen LogP contribution is 2.42. The molecule has 4 aromatic rings. The summed E-state index contributed by atoms with van der Waals surface area (Å²) < 4.78 is 7.24.